The molecule has 0 bridgehead atoms. The number of fused-ring (bicyclic) bond motifs is 1. The number of benzene rings is 1. The Kier molecular flexibility index (Phi) is 6.06. The predicted molar refractivity (Wildman–Crippen MR) is 130 cm³/mol. The third-order valence-corrected chi connectivity index (χ3v) is 7.90. The molecule has 0 spiro atoms. The smallest absolute Gasteiger partial charge is 0.490 e. The summed E-state index contributed by atoms with van der Waals surface area (Å²) in [5.74, 6) is 0.865. The Bertz CT molecular complexity index is 862. The van der Waals surface area contributed by atoms with Gasteiger partial charge < -0.3 is 23.7 Å². The van der Waals surface area contributed by atoms with Crippen LogP contribution in [0.2, 0.25) is 0 Å². The van der Waals surface area contributed by atoms with E-state index in [1.165, 1.54) is 0 Å². The number of hydrogen-bond donors (Lipinski definition) is 0. The minimum atomic E-state index is -0.470. The average Bonchev–Trinajstić information content (AvgIpc) is 3.13. The molecule has 1 aliphatic carbocycles. The van der Waals surface area contributed by atoms with E-state index in [0.717, 1.165) is 43.4 Å². The fourth-order valence-corrected chi connectivity index (χ4v) is 5.30. The van der Waals surface area contributed by atoms with Gasteiger partial charge in [0, 0.05) is 12.6 Å². The molecule has 1 saturated carbocycles. The Hall–Kier alpha value is -1.73. The highest BCUT2D eigenvalue weighted by Crippen LogP contribution is 2.47. The van der Waals surface area contributed by atoms with Gasteiger partial charge in [-0.3, -0.25) is 0 Å². The highest BCUT2D eigenvalue weighted by molar-refractivity contribution is 6.62. The molecule has 0 aromatic heterocycles. The van der Waals surface area contributed by atoms with Gasteiger partial charge in [0.05, 0.1) is 17.3 Å². The van der Waals surface area contributed by atoms with E-state index in [0.29, 0.717) is 0 Å². The zero-order chi connectivity index (χ0) is 24.2. The standard InChI is InChI=1S/C26H40BNO5/c1-23(2,3)31-22(29)28-16-15-26(8)17-20(13-14-21(26)28)30-19-11-9-18(10-12-19)27-32-24(4,5)25(6,7)33-27/h9-12,20-21H,13-17H2,1-8H3. The lowest BCUT2D eigenvalue weighted by Crippen LogP contribution is -2.48. The van der Waals surface area contributed by atoms with Crippen molar-refractivity contribution in [2.75, 3.05) is 6.54 Å². The lowest BCUT2D eigenvalue weighted by Gasteiger charge is -2.42. The number of hydrogen-bond acceptors (Lipinski definition) is 5. The Morgan fingerprint density at radius 2 is 1.64 bits per heavy atom. The van der Waals surface area contributed by atoms with Crippen LogP contribution < -0.4 is 10.2 Å². The van der Waals surface area contributed by atoms with Gasteiger partial charge in [-0.05, 0) is 97.2 Å². The number of carbonyl (C=O) groups is 1. The van der Waals surface area contributed by atoms with Crippen LogP contribution in [-0.2, 0) is 14.0 Å². The van der Waals surface area contributed by atoms with E-state index in [-0.39, 0.29) is 42.0 Å². The minimum Gasteiger partial charge on any atom is -0.490 e. The van der Waals surface area contributed by atoms with Crippen molar-refractivity contribution in [3.63, 3.8) is 0 Å². The van der Waals surface area contributed by atoms with Gasteiger partial charge in [0.25, 0.3) is 0 Å². The molecule has 2 aliphatic heterocycles. The number of amides is 1. The van der Waals surface area contributed by atoms with Crippen molar-refractivity contribution >= 4 is 18.7 Å². The van der Waals surface area contributed by atoms with E-state index in [1.54, 1.807) is 0 Å². The summed E-state index contributed by atoms with van der Waals surface area (Å²) < 4.78 is 24.3. The summed E-state index contributed by atoms with van der Waals surface area (Å²) in [7, 11) is -0.365. The van der Waals surface area contributed by atoms with Crippen molar-refractivity contribution in [2.45, 2.75) is 110 Å². The second-order valence-corrected chi connectivity index (χ2v) is 12.3. The third kappa shape index (κ3) is 4.90. The molecule has 33 heavy (non-hydrogen) atoms. The maximum Gasteiger partial charge on any atom is 0.494 e. The van der Waals surface area contributed by atoms with E-state index >= 15 is 0 Å². The van der Waals surface area contributed by atoms with Gasteiger partial charge in [-0.2, -0.15) is 0 Å². The Balaban J connectivity index is 1.36. The minimum absolute atomic E-state index is 0.0580. The van der Waals surface area contributed by atoms with Crippen LogP contribution in [0.15, 0.2) is 24.3 Å². The van der Waals surface area contributed by atoms with Crippen LogP contribution in [0.1, 0.15) is 81.1 Å². The summed E-state index contributed by atoms with van der Waals surface area (Å²) >= 11 is 0. The topological polar surface area (TPSA) is 57.2 Å². The van der Waals surface area contributed by atoms with E-state index in [4.69, 9.17) is 18.8 Å². The van der Waals surface area contributed by atoms with Crippen molar-refractivity contribution in [1.29, 1.82) is 0 Å². The third-order valence-electron chi connectivity index (χ3n) is 7.90. The molecule has 0 radical (unpaired) electrons. The number of carbonyl (C=O) groups excluding carboxylic acids is 1. The molecule has 3 atom stereocenters. The number of rotatable bonds is 3. The summed E-state index contributed by atoms with van der Waals surface area (Å²) in [6, 6.07) is 8.31. The molecule has 1 aromatic carbocycles. The van der Waals surface area contributed by atoms with E-state index in [9.17, 15) is 4.79 Å². The van der Waals surface area contributed by atoms with Crippen molar-refractivity contribution in [1.82, 2.24) is 4.90 Å². The van der Waals surface area contributed by atoms with Gasteiger partial charge in [0.2, 0.25) is 0 Å². The quantitative estimate of drug-likeness (QED) is 0.603. The molecule has 3 unspecified atom stereocenters. The van der Waals surface area contributed by atoms with Crippen LogP contribution in [0.25, 0.3) is 0 Å². The van der Waals surface area contributed by atoms with Gasteiger partial charge >= 0.3 is 13.2 Å². The molecule has 3 aliphatic rings. The highest BCUT2D eigenvalue weighted by atomic mass is 16.7. The van der Waals surface area contributed by atoms with Crippen LogP contribution in [0.5, 0.6) is 5.75 Å². The van der Waals surface area contributed by atoms with Gasteiger partial charge in [-0.1, -0.05) is 19.1 Å². The first-order valence-corrected chi connectivity index (χ1v) is 12.3. The molecule has 1 amide bonds. The molecule has 2 saturated heterocycles. The Morgan fingerprint density at radius 1 is 1.03 bits per heavy atom. The molecule has 2 heterocycles. The molecule has 4 rings (SSSR count). The molecule has 6 nitrogen and oxygen atoms in total. The van der Waals surface area contributed by atoms with Crippen LogP contribution >= 0.6 is 0 Å². The highest BCUT2D eigenvalue weighted by Gasteiger charge is 2.52. The summed E-state index contributed by atoms with van der Waals surface area (Å²) in [5.41, 5.74) is -0.115. The molecule has 7 heteroatoms. The molecule has 182 valence electrons. The summed E-state index contributed by atoms with van der Waals surface area (Å²) in [4.78, 5) is 14.6. The summed E-state index contributed by atoms with van der Waals surface area (Å²) in [5, 5.41) is 0. The van der Waals surface area contributed by atoms with Gasteiger partial charge in [-0.25, -0.2) is 4.79 Å². The van der Waals surface area contributed by atoms with E-state index in [1.807, 2.05) is 49.9 Å². The van der Waals surface area contributed by atoms with E-state index < -0.39 is 5.60 Å². The number of ether oxygens (including phenoxy) is 2. The van der Waals surface area contributed by atoms with Crippen molar-refractivity contribution < 1.29 is 23.6 Å². The molecule has 3 fully saturated rings. The second-order valence-electron chi connectivity index (χ2n) is 12.3. The molecule has 0 N–H and O–H groups in total. The fourth-order valence-electron chi connectivity index (χ4n) is 5.30. The largest absolute Gasteiger partial charge is 0.494 e. The maximum atomic E-state index is 12.7. The fraction of sp³-hybridized carbons (Fsp3) is 0.731. The predicted octanol–water partition coefficient (Wildman–Crippen LogP) is 4.93. The van der Waals surface area contributed by atoms with E-state index in [2.05, 4.69) is 34.6 Å². The molecular weight excluding hydrogens is 417 g/mol. The van der Waals surface area contributed by atoms with Crippen LogP contribution in [-0.4, -0.2) is 53.6 Å². The zero-order valence-electron chi connectivity index (χ0n) is 21.6. The lowest BCUT2D eigenvalue weighted by atomic mass is 9.71. The molecular formula is C26H40BNO5. The summed E-state index contributed by atoms with van der Waals surface area (Å²) in [6.07, 6.45) is 3.75. The average molecular weight is 457 g/mol. The van der Waals surface area contributed by atoms with Crippen LogP contribution in [0.3, 0.4) is 0 Å². The number of likely N-dealkylation sites (tertiary alicyclic amines) is 1. The van der Waals surface area contributed by atoms with Gasteiger partial charge in [0.15, 0.2) is 0 Å². The van der Waals surface area contributed by atoms with Crippen molar-refractivity contribution in [2.24, 2.45) is 5.41 Å². The first-order chi connectivity index (χ1) is 15.2. The normalized spacial score (nSPS) is 30.8. The van der Waals surface area contributed by atoms with Crippen LogP contribution in [0.4, 0.5) is 4.79 Å². The molecule has 1 aromatic rings. The Morgan fingerprint density at radius 3 is 2.21 bits per heavy atom. The lowest BCUT2D eigenvalue weighted by molar-refractivity contribution is -0.000863. The Labute approximate surface area is 199 Å². The van der Waals surface area contributed by atoms with Crippen molar-refractivity contribution in [3.05, 3.63) is 24.3 Å². The zero-order valence-corrected chi connectivity index (χ0v) is 21.6. The van der Waals surface area contributed by atoms with Crippen molar-refractivity contribution in [3.8, 4) is 5.75 Å². The first-order valence-electron chi connectivity index (χ1n) is 12.3. The maximum absolute atomic E-state index is 12.7. The number of nitrogens with zero attached hydrogens (tertiary/aromatic N) is 1. The SMILES string of the molecule is CC(C)(C)OC(=O)N1CCC2(C)CC(Oc3ccc(B4OC(C)(C)C(C)(C)O4)cc3)CCC12. The van der Waals surface area contributed by atoms with Gasteiger partial charge in [0.1, 0.15) is 11.4 Å². The summed E-state index contributed by atoms with van der Waals surface area (Å²) in [6.45, 7) is 17.1. The van der Waals surface area contributed by atoms with Gasteiger partial charge in [-0.15, -0.1) is 0 Å². The van der Waals surface area contributed by atoms with Crippen LogP contribution in [0, 0.1) is 5.41 Å². The first kappa shape index (κ1) is 24.4. The second kappa shape index (κ2) is 8.19. The monoisotopic (exact) mass is 457 g/mol.